The van der Waals surface area contributed by atoms with Crippen molar-refractivity contribution < 1.29 is 68.0 Å². The van der Waals surface area contributed by atoms with Gasteiger partial charge in [0, 0.05) is 55.3 Å². The van der Waals surface area contributed by atoms with Crippen LogP contribution >= 0.6 is 0 Å². The highest BCUT2D eigenvalue weighted by atomic mass is 16.8. The first-order chi connectivity index (χ1) is 22.2. The van der Waals surface area contributed by atoms with Gasteiger partial charge in [0.1, 0.15) is 30.5 Å². The molecule has 5 aliphatic carbocycles. The van der Waals surface area contributed by atoms with E-state index in [1.54, 1.807) is 6.92 Å². The first-order valence-electron chi connectivity index (χ1n) is 17.1. The number of carbonyl (C=O) groups is 4. The van der Waals surface area contributed by atoms with E-state index >= 15 is 0 Å². The average molecular weight is 679 g/mol. The summed E-state index contributed by atoms with van der Waals surface area (Å²) < 4.78 is 36.2. The summed E-state index contributed by atoms with van der Waals surface area (Å²) in [6.45, 7) is 12.3. The molecule has 3 aliphatic heterocycles. The summed E-state index contributed by atoms with van der Waals surface area (Å²) >= 11 is 0. The van der Waals surface area contributed by atoms with Gasteiger partial charge >= 0.3 is 23.9 Å². The zero-order valence-electron chi connectivity index (χ0n) is 28.3. The lowest BCUT2D eigenvalue weighted by atomic mass is 9.40. The standard InChI is InChI=1S/C34H46O14/c1-10-17-20(32(7)33(8,42)29(41)48-34(32)26(10)47-34)23(40)18-16-19(25(43-11(2)35)28(31(17,18)6)45-13(4)37)30(5)14(21(38)22(16)39)9-15-24(46-15)27(30)44-12(3)36/h10,14-28,38-40,42H,9H2,1-8H3/t10-,14+,15-,16-,17-,18+,19?,20-,21-,22+,23+,24-,25-,26-,27-,28-,30-,31+,32-,33+,34+/m0/s1. The number of fused-ring (bicyclic) bond motifs is 9. The van der Waals surface area contributed by atoms with E-state index in [4.69, 9.17) is 28.4 Å². The third-order valence-corrected chi connectivity index (χ3v) is 14.9. The number of hydrogen-bond donors (Lipinski definition) is 4. The van der Waals surface area contributed by atoms with E-state index in [2.05, 4.69) is 0 Å². The Hall–Kier alpha value is -2.36. The molecule has 14 heteroatoms. The Morgan fingerprint density at radius 3 is 2.00 bits per heavy atom. The van der Waals surface area contributed by atoms with Crippen molar-refractivity contribution in [2.45, 2.75) is 128 Å². The van der Waals surface area contributed by atoms with Gasteiger partial charge < -0.3 is 48.8 Å². The third kappa shape index (κ3) is 3.45. The average Bonchev–Trinajstić information content (AvgIpc) is 3.88. The Balaban J connectivity index is 1.38. The summed E-state index contributed by atoms with van der Waals surface area (Å²) in [5.41, 5.74) is -6.05. The quantitative estimate of drug-likeness (QED) is 0.174. The molecule has 1 spiro atoms. The lowest BCUT2D eigenvalue weighted by molar-refractivity contribution is -0.300. The van der Waals surface area contributed by atoms with Crippen LogP contribution in [0, 0.1) is 57.7 Å². The van der Waals surface area contributed by atoms with Crippen LogP contribution in [0.25, 0.3) is 0 Å². The number of esters is 4. The molecule has 5 saturated carbocycles. The smallest absolute Gasteiger partial charge is 0.341 e. The molecule has 48 heavy (non-hydrogen) atoms. The molecule has 0 bridgehead atoms. The molecule has 21 atom stereocenters. The minimum Gasteiger partial charge on any atom is -0.459 e. The number of hydrogen-bond acceptors (Lipinski definition) is 14. The van der Waals surface area contributed by atoms with Crippen LogP contribution < -0.4 is 0 Å². The van der Waals surface area contributed by atoms with Gasteiger partial charge in [-0.1, -0.05) is 20.8 Å². The van der Waals surface area contributed by atoms with Gasteiger partial charge in [0.25, 0.3) is 0 Å². The van der Waals surface area contributed by atoms with Crippen molar-refractivity contribution in [2.75, 3.05) is 0 Å². The van der Waals surface area contributed by atoms with Crippen LogP contribution in [0.15, 0.2) is 0 Å². The molecule has 0 aromatic carbocycles. The molecule has 14 nitrogen and oxygen atoms in total. The van der Waals surface area contributed by atoms with Crippen LogP contribution in [0.2, 0.25) is 0 Å². The van der Waals surface area contributed by atoms with Crippen molar-refractivity contribution in [3.8, 4) is 0 Å². The van der Waals surface area contributed by atoms with Gasteiger partial charge in [0.15, 0.2) is 5.60 Å². The Kier molecular flexibility index (Phi) is 6.49. The number of aliphatic hydroxyl groups excluding tert-OH is 3. The first kappa shape index (κ1) is 32.8. The van der Waals surface area contributed by atoms with Crippen LogP contribution in [0.3, 0.4) is 0 Å². The first-order valence-corrected chi connectivity index (χ1v) is 17.1. The molecule has 8 aliphatic rings. The maximum atomic E-state index is 13.3. The Morgan fingerprint density at radius 2 is 1.40 bits per heavy atom. The van der Waals surface area contributed by atoms with Gasteiger partial charge in [-0.15, -0.1) is 0 Å². The molecule has 0 amide bonds. The van der Waals surface area contributed by atoms with Crippen LogP contribution in [-0.2, 0) is 47.6 Å². The maximum absolute atomic E-state index is 13.3. The molecule has 0 aromatic heterocycles. The zero-order valence-corrected chi connectivity index (χ0v) is 28.3. The van der Waals surface area contributed by atoms with Crippen LogP contribution in [0.1, 0.15) is 61.8 Å². The predicted octanol–water partition coefficient (Wildman–Crippen LogP) is -0.155. The monoisotopic (exact) mass is 678 g/mol. The summed E-state index contributed by atoms with van der Waals surface area (Å²) in [5.74, 6) is -9.82. The Morgan fingerprint density at radius 1 is 0.792 bits per heavy atom. The third-order valence-electron chi connectivity index (χ3n) is 14.9. The van der Waals surface area contributed by atoms with Gasteiger partial charge in [0.2, 0.25) is 5.79 Å². The molecule has 1 unspecified atom stereocenters. The SMILES string of the molecule is CC(=O)O[C@H]1C2[C@@H]([C@@H](O)[C@@H](O)[C@H]3C[C@@H]4O[C@@H]4[C@H](OC(C)=O)[C@]23C)[C@@H]2[C@@H](O)[C@@H]3[C@H]([C@H](C)[C@@H]4O[C@@]45OC(=O)[C@@](C)(O)[C@]35C)[C@@]2(C)[C@H]1OC(C)=O. The van der Waals surface area contributed by atoms with Crippen molar-refractivity contribution in [2.24, 2.45) is 57.7 Å². The minimum absolute atomic E-state index is 0.318. The number of ether oxygens (including phenoxy) is 6. The highest BCUT2D eigenvalue weighted by Crippen LogP contribution is 2.80. The second kappa shape index (κ2) is 9.49. The van der Waals surface area contributed by atoms with Crippen LogP contribution in [-0.4, -0.2) is 111 Å². The van der Waals surface area contributed by atoms with E-state index in [0.717, 1.165) is 0 Å². The molecule has 8 rings (SSSR count). The second-order valence-electron chi connectivity index (χ2n) is 16.7. The van der Waals surface area contributed by atoms with E-state index in [9.17, 15) is 39.6 Å². The topological polar surface area (TPSA) is 211 Å². The number of carbonyl (C=O) groups excluding carboxylic acids is 4. The number of epoxide rings is 2. The summed E-state index contributed by atoms with van der Waals surface area (Å²) in [4.78, 5) is 51.9. The highest BCUT2D eigenvalue weighted by Gasteiger charge is 2.93. The van der Waals surface area contributed by atoms with Crippen molar-refractivity contribution in [1.29, 1.82) is 0 Å². The number of aliphatic hydroxyl groups is 4. The molecule has 8 fully saturated rings. The van der Waals surface area contributed by atoms with E-state index in [1.165, 1.54) is 27.7 Å². The van der Waals surface area contributed by atoms with Gasteiger partial charge in [-0.05, 0) is 38.0 Å². The normalized spacial score (nSPS) is 61.1. The lowest BCUT2D eigenvalue weighted by Gasteiger charge is -2.66. The molecular formula is C34H46O14. The lowest BCUT2D eigenvalue weighted by Crippen LogP contribution is -2.75. The molecule has 0 radical (unpaired) electrons. The fraction of sp³-hybridized carbons (Fsp3) is 0.882. The summed E-state index contributed by atoms with van der Waals surface area (Å²) in [5, 5.41) is 48.9. The highest BCUT2D eigenvalue weighted by molar-refractivity contribution is 5.84. The van der Waals surface area contributed by atoms with Crippen LogP contribution in [0.4, 0.5) is 0 Å². The van der Waals surface area contributed by atoms with Crippen molar-refractivity contribution in [1.82, 2.24) is 0 Å². The fourth-order valence-electron chi connectivity index (χ4n) is 13.1. The van der Waals surface area contributed by atoms with Gasteiger partial charge in [-0.2, -0.15) is 0 Å². The molecule has 3 saturated heterocycles. The molecule has 4 N–H and O–H groups in total. The van der Waals surface area contributed by atoms with Crippen molar-refractivity contribution in [3.63, 3.8) is 0 Å². The molecule has 3 heterocycles. The molecule has 266 valence electrons. The van der Waals surface area contributed by atoms with Gasteiger partial charge in [-0.3, -0.25) is 14.4 Å². The molecular weight excluding hydrogens is 632 g/mol. The largest absolute Gasteiger partial charge is 0.459 e. The Labute approximate surface area is 277 Å². The van der Waals surface area contributed by atoms with E-state index < -0.39 is 142 Å². The van der Waals surface area contributed by atoms with Crippen molar-refractivity contribution >= 4 is 23.9 Å². The zero-order chi connectivity index (χ0) is 35.0. The Bertz CT molecular complexity index is 1500. The van der Waals surface area contributed by atoms with Crippen LogP contribution in [0.5, 0.6) is 0 Å². The van der Waals surface area contributed by atoms with E-state index in [-0.39, 0.29) is 6.10 Å². The molecule has 0 aromatic rings. The van der Waals surface area contributed by atoms with Crippen molar-refractivity contribution in [3.05, 3.63) is 0 Å². The predicted molar refractivity (Wildman–Crippen MR) is 157 cm³/mol. The van der Waals surface area contributed by atoms with E-state index in [0.29, 0.717) is 6.42 Å². The second-order valence-corrected chi connectivity index (χ2v) is 16.7. The minimum atomic E-state index is -2.09. The summed E-state index contributed by atoms with van der Waals surface area (Å²) in [6.07, 6.45) is -8.66. The fourth-order valence-corrected chi connectivity index (χ4v) is 13.1. The van der Waals surface area contributed by atoms with Gasteiger partial charge in [0.05, 0.1) is 29.8 Å². The van der Waals surface area contributed by atoms with E-state index in [1.807, 2.05) is 20.8 Å². The maximum Gasteiger partial charge on any atom is 0.341 e. The summed E-state index contributed by atoms with van der Waals surface area (Å²) in [7, 11) is 0. The number of rotatable bonds is 3. The summed E-state index contributed by atoms with van der Waals surface area (Å²) in [6, 6.07) is 0. The van der Waals surface area contributed by atoms with Gasteiger partial charge in [-0.25, -0.2) is 4.79 Å².